The Labute approximate surface area is 105 Å². The highest BCUT2D eigenvalue weighted by Crippen LogP contribution is 2.00. The molecule has 0 aromatic carbocycles. The zero-order valence-electron chi connectivity index (χ0n) is 10.3. The Hall–Kier alpha value is -2.31. The molecule has 0 rings (SSSR count). The quantitative estimate of drug-likeness (QED) is 0.401. The van der Waals surface area contributed by atoms with E-state index < -0.39 is 18.0 Å². The van der Waals surface area contributed by atoms with E-state index in [9.17, 15) is 14.4 Å². The fraction of sp³-hybridized carbons (Fsp3) is 0.364. The molecule has 0 heterocycles. The molecule has 0 saturated heterocycles. The van der Waals surface area contributed by atoms with E-state index in [-0.39, 0.29) is 18.8 Å². The van der Waals surface area contributed by atoms with E-state index in [2.05, 4.69) is 10.1 Å². The molecule has 0 aliphatic heterocycles. The summed E-state index contributed by atoms with van der Waals surface area (Å²) in [6, 6.07) is -0.832. The summed E-state index contributed by atoms with van der Waals surface area (Å²) < 4.78 is 9.37. The standard InChI is InChI=1S/C11H16N2O5/c1-3-17-9(14)6-5-8(7-13-11(12)16)10(15)18-4-2/h5-7H,3-4H2,1-2H3,(H3,12,13,16)/b6-5+,8-7+. The number of amides is 2. The molecule has 0 aliphatic carbocycles. The second-order valence-corrected chi connectivity index (χ2v) is 2.91. The summed E-state index contributed by atoms with van der Waals surface area (Å²) >= 11 is 0. The number of carbonyl (C=O) groups is 3. The highest BCUT2D eigenvalue weighted by atomic mass is 16.5. The second kappa shape index (κ2) is 8.80. The van der Waals surface area contributed by atoms with E-state index in [0.717, 1.165) is 12.3 Å². The van der Waals surface area contributed by atoms with Crippen LogP contribution in [0.5, 0.6) is 0 Å². The van der Waals surface area contributed by atoms with Crippen LogP contribution in [0.15, 0.2) is 23.9 Å². The zero-order valence-corrected chi connectivity index (χ0v) is 10.3. The van der Waals surface area contributed by atoms with Gasteiger partial charge in [0.25, 0.3) is 0 Å². The van der Waals surface area contributed by atoms with Crippen molar-refractivity contribution in [3.63, 3.8) is 0 Å². The van der Waals surface area contributed by atoms with Crippen LogP contribution in [0.25, 0.3) is 0 Å². The van der Waals surface area contributed by atoms with Crippen LogP contribution in [0.1, 0.15) is 13.8 Å². The van der Waals surface area contributed by atoms with E-state index in [1.165, 1.54) is 6.08 Å². The number of rotatable bonds is 6. The smallest absolute Gasteiger partial charge is 0.339 e. The van der Waals surface area contributed by atoms with Crippen LogP contribution in [0.3, 0.4) is 0 Å². The van der Waals surface area contributed by atoms with Crippen molar-refractivity contribution in [3.05, 3.63) is 23.9 Å². The molecule has 0 atom stereocenters. The van der Waals surface area contributed by atoms with Crippen molar-refractivity contribution in [2.75, 3.05) is 13.2 Å². The molecule has 0 radical (unpaired) electrons. The van der Waals surface area contributed by atoms with Gasteiger partial charge in [0, 0.05) is 12.3 Å². The summed E-state index contributed by atoms with van der Waals surface area (Å²) in [5.41, 5.74) is 4.83. The first-order valence-corrected chi connectivity index (χ1v) is 5.29. The zero-order chi connectivity index (χ0) is 14.0. The Kier molecular flexibility index (Phi) is 7.67. The van der Waals surface area contributed by atoms with Crippen molar-refractivity contribution in [1.82, 2.24) is 5.32 Å². The number of urea groups is 1. The first kappa shape index (κ1) is 15.7. The molecule has 3 N–H and O–H groups in total. The monoisotopic (exact) mass is 256 g/mol. The minimum Gasteiger partial charge on any atom is -0.463 e. The number of nitrogens with two attached hydrogens (primary N) is 1. The first-order chi connectivity index (χ1) is 8.51. The third kappa shape index (κ3) is 7.04. The Balaban J connectivity index is 4.76. The van der Waals surface area contributed by atoms with Gasteiger partial charge in [-0.1, -0.05) is 0 Å². The van der Waals surface area contributed by atoms with Crippen molar-refractivity contribution in [1.29, 1.82) is 0 Å². The summed E-state index contributed by atoms with van der Waals surface area (Å²) in [5.74, 6) is -1.29. The molecule has 0 bridgehead atoms. The normalized spacial score (nSPS) is 11.1. The molecule has 0 aromatic rings. The molecule has 0 spiro atoms. The first-order valence-electron chi connectivity index (χ1n) is 5.29. The number of esters is 2. The fourth-order valence-corrected chi connectivity index (χ4v) is 0.887. The van der Waals surface area contributed by atoms with Gasteiger partial charge in [-0.3, -0.25) is 0 Å². The second-order valence-electron chi connectivity index (χ2n) is 2.91. The maximum atomic E-state index is 11.4. The minimum atomic E-state index is -0.832. The highest BCUT2D eigenvalue weighted by Gasteiger charge is 2.08. The summed E-state index contributed by atoms with van der Waals surface area (Å²) in [4.78, 5) is 33.0. The lowest BCUT2D eigenvalue weighted by molar-refractivity contribution is -0.138. The van der Waals surface area contributed by atoms with Gasteiger partial charge in [-0.2, -0.15) is 0 Å². The van der Waals surface area contributed by atoms with E-state index in [1.807, 2.05) is 0 Å². The lowest BCUT2D eigenvalue weighted by Crippen LogP contribution is -2.25. The maximum Gasteiger partial charge on any atom is 0.339 e. The molecule has 0 aromatic heterocycles. The van der Waals surface area contributed by atoms with E-state index in [0.29, 0.717) is 0 Å². The van der Waals surface area contributed by atoms with Crippen LogP contribution < -0.4 is 11.1 Å². The molecule has 7 heteroatoms. The maximum absolute atomic E-state index is 11.4. The minimum absolute atomic E-state index is 0.0243. The molecule has 100 valence electrons. The van der Waals surface area contributed by atoms with E-state index in [4.69, 9.17) is 10.5 Å². The number of hydrogen-bond donors (Lipinski definition) is 2. The van der Waals surface area contributed by atoms with Crippen LogP contribution in [0.4, 0.5) is 4.79 Å². The van der Waals surface area contributed by atoms with Crippen molar-refractivity contribution in [2.24, 2.45) is 5.73 Å². The van der Waals surface area contributed by atoms with Gasteiger partial charge in [0.2, 0.25) is 0 Å². The average molecular weight is 256 g/mol. The van der Waals surface area contributed by atoms with Crippen molar-refractivity contribution >= 4 is 18.0 Å². The molecule has 0 fully saturated rings. The Morgan fingerprint density at radius 2 is 1.72 bits per heavy atom. The van der Waals surface area contributed by atoms with Crippen LogP contribution in [0, 0.1) is 0 Å². The number of carbonyl (C=O) groups excluding carboxylic acids is 3. The van der Waals surface area contributed by atoms with Crippen LogP contribution >= 0.6 is 0 Å². The number of primary amides is 1. The third-order valence-electron chi connectivity index (χ3n) is 1.57. The molecule has 0 unspecified atom stereocenters. The predicted molar refractivity (Wildman–Crippen MR) is 63.2 cm³/mol. The Morgan fingerprint density at radius 1 is 1.11 bits per heavy atom. The Morgan fingerprint density at radius 3 is 2.22 bits per heavy atom. The molecular weight excluding hydrogens is 240 g/mol. The largest absolute Gasteiger partial charge is 0.463 e. The summed E-state index contributed by atoms with van der Waals surface area (Å²) in [6.07, 6.45) is 3.27. The molecule has 2 amide bonds. The van der Waals surface area contributed by atoms with Gasteiger partial charge >= 0.3 is 18.0 Å². The van der Waals surface area contributed by atoms with E-state index >= 15 is 0 Å². The molecular formula is C11H16N2O5. The van der Waals surface area contributed by atoms with E-state index in [1.54, 1.807) is 13.8 Å². The highest BCUT2D eigenvalue weighted by molar-refractivity contribution is 5.94. The number of ether oxygens (including phenoxy) is 2. The van der Waals surface area contributed by atoms with Gasteiger partial charge < -0.3 is 20.5 Å². The molecule has 18 heavy (non-hydrogen) atoms. The van der Waals surface area contributed by atoms with Crippen molar-refractivity contribution < 1.29 is 23.9 Å². The third-order valence-corrected chi connectivity index (χ3v) is 1.57. The summed E-state index contributed by atoms with van der Waals surface area (Å²) in [7, 11) is 0. The fourth-order valence-electron chi connectivity index (χ4n) is 0.887. The SMILES string of the molecule is CCOC(=O)/C=C/C(=C\NC(N)=O)C(=O)OCC. The van der Waals surface area contributed by atoms with Crippen LogP contribution in [0.2, 0.25) is 0 Å². The van der Waals surface area contributed by atoms with Gasteiger partial charge in [0.05, 0.1) is 18.8 Å². The van der Waals surface area contributed by atoms with Crippen LogP contribution in [-0.4, -0.2) is 31.2 Å². The Bertz CT molecular complexity index is 374. The van der Waals surface area contributed by atoms with Gasteiger partial charge in [-0.15, -0.1) is 0 Å². The van der Waals surface area contributed by atoms with Gasteiger partial charge in [-0.05, 0) is 19.9 Å². The molecule has 0 saturated carbocycles. The van der Waals surface area contributed by atoms with Crippen LogP contribution in [-0.2, 0) is 19.1 Å². The van der Waals surface area contributed by atoms with Gasteiger partial charge in [-0.25, -0.2) is 14.4 Å². The lowest BCUT2D eigenvalue weighted by atomic mass is 10.2. The number of nitrogens with one attached hydrogen (secondary N) is 1. The summed E-state index contributed by atoms with van der Waals surface area (Å²) in [6.45, 7) is 3.68. The summed E-state index contributed by atoms with van der Waals surface area (Å²) in [5, 5.41) is 2.11. The molecule has 0 aliphatic rings. The molecule has 7 nitrogen and oxygen atoms in total. The lowest BCUT2D eigenvalue weighted by Gasteiger charge is -2.02. The van der Waals surface area contributed by atoms with Crippen molar-refractivity contribution in [2.45, 2.75) is 13.8 Å². The number of hydrogen-bond acceptors (Lipinski definition) is 5. The van der Waals surface area contributed by atoms with Gasteiger partial charge in [0.1, 0.15) is 0 Å². The van der Waals surface area contributed by atoms with Crippen molar-refractivity contribution in [3.8, 4) is 0 Å². The van der Waals surface area contributed by atoms with Gasteiger partial charge in [0.15, 0.2) is 0 Å². The topological polar surface area (TPSA) is 108 Å². The average Bonchev–Trinajstić information content (AvgIpc) is 2.29. The predicted octanol–water partition coefficient (Wildman–Crippen LogP) is 0.221.